The molecule has 18 heavy (non-hydrogen) atoms. The molecule has 0 spiro atoms. The predicted molar refractivity (Wildman–Crippen MR) is 61.2 cm³/mol. The number of carbonyl (C=O) groups is 1. The molecule has 3 nitrogen and oxygen atoms in total. The number of hydrogen-bond acceptors (Lipinski definition) is 2. The first kappa shape index (κ1) is 16.7. The Bertz CT molecular complexity index is 423. The average molecular weight is 287 g/mol. The van der Waals surface area contributed by atoms with Crippen LogP contribution in [-0.2, 0) is 11.0 Å². The lowest BCUT2D eigenvalue weighted by atomic mass is 10.2. The van der Waals surface area contributed by atoms with Crippen molar-refractivity contribution in [2.45, 2.75) is 6.18 Å². The third kappa shape index (κ3) is 4.50. The zero-order valence-corrected chi connectivity index (χ0v) is 10.1. The molecule has 0 atom stereocenters. The quantitative estimate of drug-likeness (QED) is 0.838. The van der Waals surface area contributed by atoms with Crippen molar-refractivity contribution in [2.24, 2.45) is 0 Å². The second kappa shape index (κ2) is 6.55. The van der Waals surface area contributed by atoms with E-state index in [9.17, 15) is 22.4 Å². The van der Waals surface area contributed by atoms with E-state index >= 15 is 0 Å². The van der Waals surface area contributed by atoms with Crippen LogP contribution >= 0.6 is 12.4 Å². The summed E-state index contributed by atoms with van der Waals surface area (Å²) in [5, 5.41) is 4.75. The van der Waals surface area contributed by atoms with Gasteiger partial charge in [-0.05, 0) is 25.2 Å². The largest absolute Gasteiger partial charge is 0.419 e. The minimum absolute atomic E-state index is 0. The molecule has 1 rings (SSSR count). The summed E-state index contributed by atoms with van der Waals surface area (Å²) in [7, 11) is 1.52. The van der Waals surface area contributed by atoms with Crippen LogP contribution in [0.3, 0.4) is 0 Å². The van der Waals surface area contributed by atoms with Gasteiger partial charge in [0.25, 0.3) is 0 Å². The van der Waals surface area contributed by atoms with Gasteiger partial charge in [0.05, 0.1) is 12.1 Å². The van der Waals surface area contributed by atoms with Gasteiger partial charge in [-0.2, -0.15) is 13.2 Å². The van der Waals surface area contributed by atoms with E-state index in [1.165, 1.54) is 7.05 Å². The van der Waals surface area contributed by atoms with E-state index in [1.54, 1.807) is 0 Å². The van der Waals surface area contributed by atoms with E-state index < -0.39 is 23.5 Å². The molecule has 2 N–H and O–H groups in total. The maximum absolute atomic E-state index is 12.9. The molecule has 0 radical (unpaired) electrons. The van der Waals surface area contributed by atoms with Gasteiger partial charge < -0.3 is 10.6 Å². The number of halogens is 5. The molecule has 0 saturated carbocycles. The Morgan fingerprint density at radius 2 is 1.94 bits per heavy atom. The van der Waals surface area contributed by atoms with Crippen LogP contribution in [0.2, 0.25) is 0 Å². The van der Waals surface area contributed by atoms with Crippen LogP contribution in [0.4, 0.5) is 23.2 Å². The fourth-order valence-electron chi connectivity index (χ4n) is 1.19. The number of rotatable bonds is 3. The lowest BCUT2D eigenvalue weighted by Crippen LogP contribution is -2.25. The Hall–Kier alpha value is -1.34. The van der Waals surface area contributed by atoms with Crippen molar-refractivity contribution in [2.75, 3.05) is 18.9 Å². The van der Waals surface area contributed by atoms with Gasteiger partial charge in [-0.15, -0.1) is 12.4 Å². The molecular weight excluding hydrogens is 276 g/mol. The van der Waals surface area contributed by atoms with Crippen molar-refractivity contribution in [1.29, 1.82) is 0 Å². The van der Waals surface area contributed by atoms with Crippen molar-refractivity contribution in [3.8, 4) is 0 Å². The van der Waals surface area contributed by atoms with Gasteiger partial charge in [-0.25, -0.2) is 4.39 Å². The van der Waals surface area contributed by atoms with Crippen LogP contribution in [-0.4, -0.2) is 19.5 Å². The predicted octanol–water partition coefficient (Wildman–Crippen LogP) is 2.42. The summed E-state index contributed by atoms with van der Waals surface area (Å²) in [6.07, 6.45) is -4.78. The summed E-state index contributed by atoms with van der Waals surface area (Å²) < 4.78 is 50.0. The summed E-state index contributed by atoms with van der Waals surface area (Å²) in [6, 6.07) is 2.29. The fourth-order valence-corrected chi connectivity index (χ4v) is 1.19. The fraction of sp³-hybridized carbons (Fsp3) is 0.300. The van der Waals surface area contributed by atoms with Crippen molar-refractivity contribution in [3.05, 3.63) is 29.6 Å². The number of benzene rings is 1. The van der Waals surface area contributed by atoms with Crippen LogP contribution < -0.4 is 10.6 Å². The molecule has 0 fully saturated rings. The minimum atomic E-state index is -4.78. The number of likely N-dealkylation sites (N-methyl/N-ethyl adjacent to an activating group) is 1. The van der Waals surface area contributed by atoms with E-state index in [0.717, 1.165) is 6.07 Å². The van der Waals surface area contributed by atoms with Gasteiger partial charge in [-0.1, -0.05) is 0 Å². The third-order valence-corrected chi connectivity index (χ3v) is 1.89. The van der Waals surface area contributed by atoms with Gasteiger partial charge in [0, 0.05) is 5.69 Å². The van der Waals surface area contributed by atoms with Crippen molar-refractivity contribution in [1.82, 2.24) is 5.32 Å². The Balaban J connectivity index is 0.00000289. The SMILES string of the molecule is CNCC(=O)Nc1ccc(F)c(C(F)(F)F)c1.Cl. The van der Waals surface area contributed by atoms with Crippen LogP contribution in [0.15, 0.2) is 18.2 Å². The second-order valence-corrected chi connectivity index (χ2v) is 3.27. The molecule has 0 heterocycles. The zero-order chi connectivity index (χ0) is 13.1. The van der Waals surface area contributed by atoms with Gasteiger partial charge in [0.15, 0.2) is 0 Å². The highest BCUT2D eigenvalue weighted by Crippen LogP contribution is 2.32. The van der Waals surface area contributed by atoms with Crippen LogP contribution in [0.5, 0.6) is 0 Å². The van der Waals surface area contributed by atoms with E-state index in [1.807, 2.05) is 0 Å². The molecule has 8 heteroatoms. The Labute approximate surface area is 107 Å². The van der Waals surface area contributed by atoms with Crippen molar-refractivity contribution >= 4 is 24.0 Å². The van der Waals surface area contributed by atoms with E-state index in [-0.39, 0.29) is 24.6 Å². The van der Waals surface area contributed by atoms with Gasteiger partial charge in [0.1, 0.15) is 5.82 Å². The molecule has 0 aliphatic heterocycles. The summed E-state index contributed by atoms with van der Waals surface area (Å²) in [5.74, 6) is -1.88. The Morgan fingerprint density at radius 1 is 1.33 bits per heavy atom. The van der Waals surface area contributed by atoms with E-state index in [2.05, 4.69) is 10.6 Å². The second-order valence-electron chi connectivity index (χ2n) is 3.27. The third-order valence-electron chi connectivity index (χ3n) is 1.89. The molecule has 0 saturated heterocycles. The molecule has 0 aliphatic carbocycles. The maximum Gasteiger partial charge on any atom is 0.419 e. The van der Waals surface area contributed by atoms with E-state index in [0.29, 0.717) is 12.1 Å². The normalized spacial score (nSPS) is 10.7. The molecular formula is C10H11ClF4N2O. The molecule has 0 aliphatic rings. The molecule has 1 aromatic carbocycles. The van der Waals surface area contributed by atoms with E-state index in [4.69, 9.17) is 0 Å². The summed E-state index contributed by atoms with van der Waals surface area (Å²) in [5.41, 5.74) is -1.50. The highest BCUT2D eigenvalue weighted by Gasteiger charge is 2.34. The molecule has 102 valence electrons. The van der Waals surface area contributed by atoms with Gasteiger partial charge >= 0.3 is 6.18 Å². The summed E-state index contributed by atoms with van der Waals surface area (Å²) >= 11 is 0. The highest BCUT2D eigenvalue weighted by molar-refractivity contribution is 5.92. The summed E-state index contributed by atoms with van der Waals surface area (Å²) in [4.78, 5) is 11.1. The lowest BCUT2D eigenvalue weighted by Gasteiger charge is -2.10. The van der Waals surface area contributed by atoms with Crippen LogP contribution in [0.1, 0.15) is 5.56 Å². The number of carbonyl (C=O) groups excluding carboxylic acids is 1. The smallest absolute Gasteiger partial charge is 0.325 e. The lowest BCUT2D eigenvalue weighted by molar-refractivity contribution is -0.140. The monoisotopic (exact) mass is 286 g/mol. The maximum atomic E-state index is 12.9. The Morgan fingerprint density at radius 3 is 2.44 bits per heavy atom. The first-order chi connectivity index (χ1) is 7.84. The first-order valence-electron chi connectivity index (χ1n) is 4.66. The van der Waals surface area contributed by atoms with Crippen LogP contribution in [0.25, 0.3) is 0 Å². The minimum Gasteiger partial charge on any atom is -0.325 e. The number of nitrogens with one attached hydrogen (secondary N) is 2. The molecule has 0 bridgehead atoms. The average Bonchev–Trinajstić information content (AvgIpc) is 2.19. The topological polar surface area (TPSA) is 41.1 Å². The van der Waals surface area contributed by atoms with Crippen LogP contribution in [0, 0.1) is 5.82 Å². The molecule has 1 amide bonds. The van der Waals surface area contributed by atoms with Gasteiger partial charge in [-0.3, -0.25) is 4.79 Å². The molecule has 1 aromatic rings. The van der Waals surface area contributed by atoms with Gasteiger partial charge in [0.2, 0.25) is 5.91 Å². The van der Waals surface area contributed by atoms with Crippen molar-refractivity contribution < 1.29 is 22.4 Å². The number of alkyl halides is 3. The number of anilines is 1. The molecule has 0 unspecified atom stereocenters. The highest BCUT2D eigenvalue weighted by atomic mass is 35.5. The first-order valence-corrected chi connectivity index (χ1v) is 4.66. The number of amides is 1. The summed E-state index contributed by atoms with van der Waals surface area (Å²) in [6.45, 7) is -0.0429. The van der Waals surface area contributed by atoms with Crippen molar-refractivity contribution in [3.63, 3.8) is 0 Å². The standard InChI is InChI=1S/C10H10F4N2O.ClH/c1-15-5-9(17)16-6-2-3-8(11)7(4-6)10(12,13)14;/h2-4,15H,5H2,1H3,(H,16,17);1H. The number of hydrogen-bond donors (Lipinski definition) is 2. The molecule has 0 aromatic heterocycles. The zero-order valence-electron chi connectivity index (χ0n) is 9.27. The Kier molecular flexibility index (Phi) is 6.07.